The van der Waals surface area contributed by atoms with Crippen molar-refractivity contribution in [3.8, 4) is 11.1 Å². The van der Waals surface area contributed by atoms with Crippen LogP contribution in [0.1, 0.15) is 6.92 Å². The molecule has 32 heavy (non-hydrogen) atoms. The standard InChI is InChI=1S/C20H14F3N5O3S/c1-10(29)25-20-15-5-11(9-24-19(15)26-27-20)14-7-18(17(23)8-16(14)22)32(30,31)28-13-4-2-3-12(21)6-13/h2-9,28H,1H3,(H2,24,25,26,27,29). The summed E-state index contributed by atoms with van der Waals surface area (Å²) in [6, 6.07) is 7.26. The highest BCUT2D eigenvalue weighted by molar-refractivity contribution is 7.92. The zero-order valence-electron chi connectivity index (χ0n) is 16.3. The van der Waals surface area contributed by atoms with E-state index < -0.39 is 32.4 Å². The minimum absolute atomic E-state index is 0.116. The number of hydrogen-bond acceptors (Lipinski definition) is 5. The molecule has 2 heterocycles. The third-order valence-electron chi connectivity index (χ3n) is 4.41. The highest BCUT2D eigenvalue weighted by Gasteiger charge is 2.23. The second kappa shape index (κ2) is 7.96. The summed E-state index contributed by atoms with van der Waals surface area (Å²) in [7, 11) is -4.52. The van der Waals surface area contributed by atoms with Crippen LogP contribution in [0, 0.1) is 17.5 Å². The van der Waals surface area contributed by atoms with Gasteiger partial charge in [-0.1, -0.05) is 6.07 Å². The Hall–Kier alpha value is -3.93. The number of aromatic amines is 1. The quantitative estimate of drug-likeness (QED) is 0.418. The molecule has 0 atom stereocenters. The van der Waals surface area contributed by atoms with Crippen LogP contribution in [0.25, 0.3) is 22.2 Å². The molecule has 8 nitrogen and oxygen atoms in total. The van der Waals surface area contributed by atoms with Gasteiger partial charge >= 0.3 is 0 Å². The summed E-state index contributed by atoms with van der Waals surface area (Å²) >= 11 is 0. The highest BCUT2D eigenvalue weighted by atomic mass is 32.2. The fourth-order valence-corrected chi connectivity index (χ4v) is 4.17. The normalized spacial score (nSPS) is 11.5. The molecule has 2 aromatic heterocycles. The number of anilines is 2. The lowest BCUT2D eigenvalue weighted by Crippen LogP contribution is -2.15. The molecule has 0 aliphatic carbocycles. The number of halogens is 3. The Morgan fingerprint density at radius 2 is 1.84 bits per heavy atom. The van der Waals surface area contributed by atoms with E-state index in [9.17, 15) is 26.4 Å². The van der Waals surface area contributed by atoms with Crippen LogP contribution in [0.5, 0.6) is 0 Å². The van der Waals surface area contributed by atoms with Crippen molar-refractivity contribution in [3.05, 3.63) is 66.1 Å². The van der Waals surface area contributed by atoms with Gasteiger partial charge in [0.25, 0.3) is 10.0 Å². The molecule has 164 valence electrons. The van der Waals surface area contributed by atoms with Gasteiger partial charge in [0.1, 0.15) is 28.2 Å². The molecule has 0 aliphatic heterocycles. The summed E-state index contributed by atoms with van der Waals surface area (Å²) in [4.78, 5) is 14.6. The van der Waals surface area contributed by atoms with E-state index in [4.69, 9.17) is 0 Å². The van der Waals surface area contributed by atoms with Crippen LogP contribution in [0.2, 0.25) is 0 Å². The van der Waals surface area contributed by atoms with Crippen molar-refractivity contribution in [2.24, 2.45) is 0 Å². The number of carbonyl (C=O) groups is 1. The van der Waals surface area contributed by atoms with Crippen molar-refractivity contribution in [3.63, 3.8) is 0 Å². The molecule has 3 N–H and O–H groups in total. The molecule has 0 fully saturated rings. The average molecular weight is 461 g/mol. The third-order valence-corrected chi connectivity index (χ3v) is 5.81. The first-order valence-electron chi connectivity index (χ1n) is 9.03. The van der Waals surface area contributed by atoms with Crippen LogP contribution in [-0.2, 0) is 14.8 Å². The van der Waals surface area contributed by atoms with Gasteiger partial charge in [-0.3, -0.25) is 14.6 Å². The van der Waals surface area contributed by atoms with Crippen molar-refractivity contribution >= 4 is 38.5 Å². The second-order valence-corrected chi connectivity index (χ2v) is 8.40. The Morgan fingerprint density at radius 3 is 2.56 bits per heavy atom. The molecular formula is C20H14F3N5O3S. The Morgan fingerprint density at radius 1 is 1.06 bits per heavy atom. The molecule has 4 aromatic rings. The topological polar surface area (TPSA) is 117 Å². The predicted molar refractivity (Wildman–Crippen MR) is 111 cm³/mol. The minimum atomic E-state index is -4.52. The van der Waals surface area contributed by atoms with E-state index in [1.54, 1.807) is 0 Å². The molecule has 0 bridgehead atoms. The Labute approximate surface area is 179 Å². The lowest BCUT2D eigenvalue weighted by atomic mass is 10.1. The molecule has 4 rings (SSSR count). The van der Waals surface area contributed by atoms with E-state index in [1.165, 1.54) is 31.3 Å². The number of nitrogens with zero attached hydrogens (tertiary/aromatic N) is 2. The molecule has 12 heteroatoms. The van der Waals surface area contributed by atoms with Gasteiger partial charge < -0.3 is 5.32 Å². The maximum atomic E-state index is 14.6. The number of H-pyrrole nitrogens is 1. The predicted octanol–water partition coefficient (Wildman–Crippen LogP) is 3.80. The molecule has 2 aromatic carbocycles. The molecule has 0 radical (unpaired) electrons. The van der Waals surface area contributed by atoms with Gasteiger partial charge in [-0.15, -0.1) is 0 Å². The number of hydrogen-bond donors (Lipinski definition) is 3. The first-order valence-corrected chi connectivity index (χ1v) is 10.5. The first-order chi connectivity index (χ1) is 15.1. The van der Waals surface area contributed by atoms with Gasteiger partial charge in [-0.05, 0) is 30.3 Å². The van der Waals surface area contributed by atoms with E-state index in [-0.39, 0.29) is 34.2 Å². The van der Waals surface area contributed by atoms with Gasteiger partial charge in [0, 0.05) is 30.3 Å². The lowest BCUT2D eigenvalue weighted by Gasteiger charge is -2.12. The number of benzene rings is 2. The fourth-order valence-electron chi connectivity index (χ4n) is 3.04. The van der Waals surface area contributed by atoms with Crippen molar-refractivity contribution in [2.75, 3.05) is 10.0 Å². The van der Waals surface area contributed by atoms with Crippen LogP contribution in [0.15, 0.2) is 53.6 Å². The summed E-state index contributed by atoms with van der Waals surface area (Å²) in [6.45, 7) is 1.28. The Kier molecular flexibility index (Phi) is 5.30. The molecule has 0 unspecified atom stereocenters. The summed E-state index contributed by atoms with van der Waals surface area (Å²) in [5, 5.41) is 9.34. The van der Waals surface area contributed by atoms with Crippen LogP contribution in [0.3, 0.4) is 0 Å². The monoisotopic (exact) mass is 461 g/mol. The van der Waals surface area contributed by atoms with Crippen molar-refractivity contribution in [2.45, 2.75) is 11.8 Å². The number of pyridine rings is 1. The molecule has 0 saturated carbocycles. The minimum Gasteiger partial charge on any atom is -0.311 e. The number of aromatic nitrogens is 3. The highest BCUT2D eigenvalue weighted by Crippen LogP contribution is 2.31. The SMILES string of the molecule is CC(=O)Nc1[nH]nc2ncc(-c3cc(S(=O)(=O)Nc4cccc(F)c4)c(F)cc3F)cc12. The van der Waals surface area contributed by atoms with Gasteiger partial charge in [0.15, 0.2) is 5.65 Å². The number of rotatable bonds is 5. The summed E-state index contributed by atoms with van der Waals surface area (Å²) in [5.41, 5.74) is -0.0436. The molecule has 1 amide bonds. The second-order valence-electron chi connectivity index (χ2n) is 6.75. The van der Waals surface area contributed by atoms with Crippen LogP contribution < -0.4 is 10.0 Å². The number of nitrogens with one attached hydrogen (secondary N) is 3. The summed E-state index contributed by atoms with van der Waals surface area (Å²) in [5.74, 6) is -3.22. The largest absolute Gasteiger partial charge is 0.311 e. The van der Waals surface area contributed by atoms with Crippen molar-refractivity contribution < 1.29 is 26.4 Å². The fraction of sp³-hybridized carbons (Fsp3) is 0.0500. The summed E-state index contributed by atoms with van der Waals surface area (Å²) in [6.07, 6.45) is 1.23. The number of carbonyl (C=O) groups excluding carboxylic acids is 1. The van der Waals surface area contributed by atoms with E-state index in [2.05, 4.69) is 25.2 Å². The van der Waals surface area contributed by atoms with Gasteiger partial charge in [-0.2, -0.15) is 5.10 Å². The van der Waals surface area contributed by atoms with Crippen molar-refractivity contribution in [1.29, 1.82) is 0 Å². The lowest BCUT2D eigenvalue weighted by molar-refractivity contribution is -0.114. The van der Waals surface area contributed by atoms with Crippen LogP contribution in [0.4, 0.5) is 24.7 Å². The third kappa shape index (κ3) is 4.12. The maximum Gasteiger partial charge on any atom is 0.264 e. The zero-order chi connectivity index (χ0) is 23.0. The zero-order valence-corrected chi connectivity index (χ0v) is 17.1. The summed E-state index contributed by atoms with van der Waals surface area (Å²) < 4.78 is 69.9. The number of fused-ring (bicyclic) bond motifs is 1. The average Bonchev–Trinajstić information content (AvgIpc) is 3.09. The van der Waals surface area contributed by atoms with Crippen LogP contribution >= 0.6 is 0 Å². The maximum absolute atomic E-state index is 14.6. The van der Waals surface area contributed by atoms with Gasteiger partial charge in [0.2, 0.25) is 5.91 Å². The molecule has 0 aliphatic rings. The van der Waals surface area contributed by atoms with E-state index >= 15 is 0 Å². The van der Waals surface area contributed by atoms with Crippen molar-refractivity contribution in [1.82, 2.24) is 15.2 Å². The van der Waals surface area contributed by atoms with E-state index in [0.29, 0.717) is 11.5 Å². The Bertz CT molecular complexity index is 1470. The van der Waals surface area contributed by atoms with E-state index in [0.717, 1.165) is 18.2 Å². The van der Waals surface area contributed by atoms with Gasteiger partial charge in [0.05, 0.1) is 11.1 Å². The number of amides is 1. The smallest absolute Gasteiger partial charge is 0.264 e. The molecular weight excluding hydrogens is 447 g/mol. The first kappa shape index (κ1) is 21.3. The number of sulfonamides is 1. The van der Waals surface area contributed by atoms with Crippen LogP contribution in [-0.4, -0.2) is 29.5 Å². The van der Waals surface area contributed by atoms with Gasteiger partial charge in [-0.25, -0.2) is 26.6 Å². The Balaban J connectivity index is 1.79. The molecule has 0 saturated heterocycles. The molecule has 0 spiro atoms. The van der Waals surface area contributed by atoms with E-state index in [1.807, 2.05) is 0 Å².